The van der Waals surface area contributed by atoms with Crippen LogP contribution in [0.4, 0.5) is 0 Å². The van der Waals surface area contributed by atoms with Gasteiger partial charge in [-0.15, -0.1) is 0 Å². The Balaban J connectivity index is 0.000000108. The molecule has 0 N–H and O–H groups in total. The molecule has 15 aromatic rings. The lowest BCUT2D eigenvalue weighted by atomic mass is 10.0. The third-order valence-corrected chi connectivity index (χ3v) is 13.7. The molecule has 0 spiro atoms. The Kier molecular flexibility index (Phi) is 10.8. The van der Waals surface area contributed by atoms with E-state index < -0.39 is 0 Å². The Bertz CT molecular complexity index is 4420. The van der Waals surface area contributed by atoms with E-state index in [1.807, 2.05) is 115 Å². The maximum atomic E-state index is 9.11. The summed E-state index contributed by atoms with van der Waals surface area (Å²) in [5.41, 5.74) is 12.5. The van der Waals surface area contributed by atoms with Crippen molar-refractivity contribution in [2.75, 3.05) is 0 Å². The van der Waals surface area contributed by atoms with E-state index in [0.717, 1.165) is 99.3 Å². The Morgan fingerprint density at radius 1 is 0.320 bits per heavy atom. The first-order chi connectivity index (χ1) is 37.0. The molecule has 75 heavy (non-hydrogen) atoms. The molecule has 0 bridgehead atoms. The second kappa shape index (κ2) is 18.4. The maximum Gasteiger partial charge on any atom is 0.141 e. The van der Waals surface area contributed by atoms with Crippen molar-refractivity contribution in [1.82, 2.24) is 15.0 Å². The summed E-state index contributed by atoms with van der Waals surface area (Å²) in [5, 5.41) is 41.0. The highest BCUT2D eigenvalue weighted by Gasteiger charge is 2.15. The molecule has 9 heteroatoms. The minimum Gasteiger partial charge on any atom is -0.456 e. The van der Waals surface area contributed by atoms with E-state index in [9.17, 15) is 0 Å². The van der Waals surface area contributed by atoms with Gasteiger partial charge in [0.15, 0.2) is 0 Å². The van der Waals surface area contributed by atoms with Crippen molar-refractivity contribution in [1.29, 1.82) is 15.8 Å². The van der Waals surface area contributed by atoms with Gasteiger partial charge in [-0.25, -0.2) is 4.98 Å². The van der Waals surface area contributed by atoms with E-state index in [0.29, 0.717) is 16.8 Å². The summed E-state index contributed by atoms with van der Waals surface area (Å²) in [6.07, 6.45) is 6.69. The third-order valence-electron chi connectivity index (χ3n) is 13.7. The van der Waals surface area contributed by atoms with E-state index in [4.69, 9.17) is 29.0 Å². The molecule has 0 unspecified atom stereocenters. The van der Waals surface area contributed by atoms with Crippen LogP contribution in [0.5, 0.6) is 0 Å². The molecule has 9 nitrogen and oxygen atoms in total. The van der Waals surface area contributed by atoms with Crippen molar-refractivity contribution < 1.29 is 13.3 Å². The molecule has 0 aliphatic carbocycles. The number of furan rings is 3. The Labute approximate surface area is 427 Å². The van der Waals surface area contributed by atoms with Gasteiger partial charge in [-0.1, -0.05) is 103 Å². The molecule has 15 rings (SSSR count). The minimum atomic E-state index is 0.417. The molecule has 6 aromatic heterocycles. The van der Waals surface area contributed by atoms with Crippen molar-refractivity contribution >= 4 is 98.1 Å². The molecule has 0 aliphatic heterocycles. The van der Waals surface area contributed by atoms with Gasteiger partial charge in [0.1, 0.15) is 51.3 Å². The summed E-state index contributed by atoms with van der Waals surface area (Å²) in [6.45, 7) is 0. The molecule has 0 radical (unpaired) electrons. The van der Waals surface area contributed by atoms with Gasteiger partial charge in [0.2, 0.25) is 0 Å². The minimum absolute atomic E-state index is 0.417. The maximum absolute atomic E-state index is 9.11. The van der Waals surface area contributed by atoms with Crippen LogP contribution in [-0.4, -0.2) is 15.0 Å². The predicted molar refractivity (Wildman–Crippen MR) is 298 cm³/mol. The van der Waals surface area contributed by atoms with Crippen molar-refractivity contribution in [3.63, 3.8) is 0 Å². The van der Waals surface area contributed by atoms with E-state index in [1.54, 1.807) is 30.9 Å². The molecule has 9 aromatic carbocycles. The topological polar surface area (TPSA) is 149 Å². The Hall–Kier alpha value is -10.9. The van der Waals surface area contributed by atoms with Gasteiger partial charge in [-0.2, -0.15) is 15.8 Å². The normalized spacial score (nSPS) is 11.2. The monoisotopic (exact) mass is 960 g/mol. The standard InChI is InChI=1S/3C22H12N2O/c23-11-14-9-17(13-24-12-14)16-6-7-20-19(10-16)22-18-4-2-1-3-15(18)5-8-21(22)25-20;23-13-14-9-10-24-19(11-14)16-6-7-20-18(12-16)22-17-4-2-1-3-15(17)5-8-21(22)25-20;23-13-17-11-16(9-10-24-17)15-6-7-20-19(12-15)22-18-4-2-1-3-14(18)5-8-21(22)25-20/h1-10,12-13H;2*1-12H. The van der Waals surface area contributed by atoms with Crippen LogP contribution in [0.2, 0.25) is 0 Å². The highest BCUT2D eigenvalue weighted by molar-refractivity contribution is 6.21. The average Bonchev–Trinajstić information content (AvgIpc) is 4.20. The summed E-state index contributed by atoms with van der Waals surface area (Å²) in [6, 6.07) is 71.1. The lowest BCUT2D eigenvalue weighted by molar-refractivity contribution is 0.669. The smallest absolute Gasteiger partial charge is 0.141 e. The summed E-state index contributed by atoms with van der Waals surface area (Å²) in [5.74, 6) is 0. The molecular weight excluding hydrogens is 925 g/mol. The zero-order valence-corrected chi connectivity index (χ0v) is 39.7. The number of hydrogen-bond donors (Lipinski definition) is 0. The number of fused-ring (bicyclic) bond motifs is 15. The zero-order valence-electron chi connectivity index (χ0n) is 39.7. The fraction of sp³-hybridized carbons (Fsp3) is 0. The molecule has 0 fully saturated rings. The lowest BCUT2D eigenvalue weighted by Gasteiger charge is -2.03. The molecule has 6 heterocycles. The van der Waals surface area contributed by atoms with Crippen LogP contribution < -0.4 is 0 Å². The molecule has 0 aliphatic rings. The first-order valence-corrected chi connectivity index (χ1v) is 24.1. The number of pyridine rings is 3. The first kappa shape index (κ1) is 44.1. The third kappa shape index (κ3) is 7.95. The number of rotatable bonds is 3. The van der Waals surface area contributed by atoms with E-state index >= 15 is 0 Å². The largest absolute Gasteiger partial charge is 0.456 e. The van der Waals surface area contributed by atoms with Crippen LogP contribution in [-0.2, 0) is 0 Å². The molecule has 0 saturated carbocycles. The Morgan fingerprint density at radius 3 is 1.29 bits per heavy atom. The quantitative estimate of drug-likeness (QED) is 0.169. The van der Waals surface area contributed by atoms with Crippen molar-refractivity contribution in [3.05, 3.63) is 236 Å². The second-order valence-electron chi connectivity index (χ2n) is 18.1. The lowest BCUT2D eigenvalue weighted by Crippen LogP contribution is -1.84. The van der Waals surface area contributed by atoms with E-state index in [-0.39, 0.29) is 0 Å². The first-order valence-electron chi connectivity index (χ1n) is 24.1. The van der Waals surface area contributed by atoms with Crippen molar-refractivity contribution in [2.24, 2.45) is 0 Å². The van der Waals surface area contributed by atoms with Crippen LogP contribution in [0.1, 0.15) is 16.8 Å². The molecule has 0 saturated heterocycles. The molecule has 348 valence electrons. The highest BCUT2D eigenvalue weighted by Crippen LogP contribution is 2.40. The van der Waals surface area contributed by atoms with Gasteiger partial charge in [0.05, 0.1) is 22.9 Å². The number of hydrogen-bond acceptors (Lipinski definition) is 9. The van der Waals surface area contributed by atoms with Gasteiger partial charge in [-0.05, 0) is 140 Å². The van der Waals surface area contributed by atoms with Crippen LogP contribution in [0.15, 0.2) is 232 Å². The summed E-state index contributed by atoms with van der Waals surface area (Å²) in [7, 11) is 0. The predicted octanol–water partition coefficient (Wildman–Crippen LogP) is 17.0. The number of aromatic nitrogens is 3. The van der Waals surface area contributed by atoms with E-state index in [2.05, 4.69) is 106 Å². The fourth-order valence-corrected chi connectivity index (χ4v) is 10.1. The van der Waals surface area contributed by atoms with Gasteiger partial charge in [0.25, 0.3) is 0 Å². The number of nitrogens with zero attached hydrogens (tertiary/aromatic N) is 6. The SMILES string of the molecule is N#Cc1cc(-c2ccc3oc4ccc5ccccc5c4c3c2)ccn1.N#Cc1ccnc(-c2ccc3oc4ccc5ccccc5c4c3c2)c1.N#Cc1cncc(-c2ccc3oc4ccc5ccccc5c4c3c2)c1. The van der Waals surface area contributed by atoms with Crippen LogP contribution >= 0.6 is 0 Å². The second-order valence-corrected chi connectivity index (χ2v) is 18.1. The summed E-state index contributed by atoms with van der Waals surface area (Å²) >= 11 is 0. The fourth-order valence-electron chi connectivity index (χ4n) is 10.1. The number of benzene rings is 9. The average molecular weight is 961 g/mol. The number of nitriles is 3. The Morgan fingerprint density at radius 2 is 0.773 bits per heavy atom. The highest BCUT2D eigenvalue weighted by atomic mass is 16.3. The molecule has 0 amide bonds. The van der Waals surface area contributed by atoms with Gasteiger partial charge in [0, 0.05) is 68.2 Å². The van der Waals surface area contributed by atoms with Crippen LogP contribution in [0, 0.1) is 34.0 Å². The van der Waals surface area contributed by atoms with Gasteiger partial charge in [-0.3, -0.25) is 9.97 Å². The van der Waals surface area contributed by atoms with Crippen molar-refractivity contribution in [2.45, 2.75) is 0 Å². The van der Waals surface area contributed by atoms with Crippen LogP contribution in [0.25, 0.3) is 132 Å². The summed E-state index contributed by atoms with van der Waals surface area (Å²) in [4.78, 5) is 12.6. The van der Waals surface area contributed by atoms with Crippen molar-refractivity contribution in [3.8, 4) is 51.7 Å². The molecular formula is C66H36N6O3. The summed E-state index contributed by atoms with van der Waals surface area (Å²) < 4.78 is 18.1. The molecule has 0 atom stereocenters. The van der Waals surface area contributed by atoms with Gasteiger partial charge >= 0.3 is 0 Å². The van der Waals surface area contributed by atoms with Crippen LogP contribution in [0.3, 0.4) is 0 Å². The van der Waals surface area contributed by atoms with Gasteiger partial charge < -0.3 is 13.3 Å². The zero-order chi connectivity index (χ0) is 50.4. The van der Waals surface area contributed by atoms with E-state index in [1.165, 1.54) is 32.3 Å².